The Bertz CT molecular complexity index is 422. The number of rotatable bonds is 1. The maximum Gasteiger partial charge on any atom is 1.00 e. The van der Waals surface area contributed by atoms with Gasteiger partial charge in [0.2, 0.25) is 0 Å². The van der Waals surface area contributed by atoms with E-state index in [-0.39, 0.29) is 49.1 Å². The normalized spacial score (nSPS) is 9.00. The van der Waals surface area contributed by atoms with Gasteiger partial charge in [-0.1, -0.05) is 26.2 Å². The van der Waals surface area contributed by atoms with Gasteiger partial charge in [0.25, 0.3) is 0 Å². The molecular weight excluding hydrogens is 198 g/mol. The molecule has 0 saturated heterocycles. The third-order valence-electron chi connectivity index (χ3n) is 2.17. The van der Waals surface area contributed by atoms with Gasteiger partial charge in [0.1, 0.15) is 0 Å². The average Bonchev–Trinajstić information content (AvgIpc) is 2.19. The second-order valence-electron chi connectivity index (χ2n) is 4.36. The first-order valence-electron chi connectivity index (χ1n) is 4.68. The van der Waals surface area contributed by atoms with E-state index in [0.29, 0.717) is 5.56 Å². The van der Waals surface area contributed by atoms with E-state index in [1.54, 1.807) is 6.07 Å². The summed E-state index contributed by atoms with van der Waals surface area (Å²) in [6.07, 6.45) is 0. The van der Waals surface area contributed by atoms with Crippen LogP contribution in [0.5, 0.6) is 0 Å². The first-order chi connectivity index (χ1) is 6.99. The molecule has 0 atom stereocenters. The summed E-state index contributed by atoms with van der Waals surface area (Å²) in [5.41, 5.74) is 1.72. The summed E-state index contributed by atoms with van der Waals surface area (Å²) in [4.78, 5) is 0. The molecule has 0 bridgehead atoms. The van der Waals surface area contributed by atoms with Crippen LogP contribution in [0.3, 0.4) is 0 Å². The molecule has 0 radical (unpaired) electrons. The van der Waals surface area contributed by atoms with Crippen molar-refractivity contribution in [1.29, 1.82) is 10.5 Å². The molecule has 0 fully saturated rings. The van der Waals surface area contributed by atoms with Crippen LogP contribution < -0.4 is 37.7 Å². The predicted octanol–water partition coefficient (Wildman–Crippen LogP) is -3.24. The van der Waals surface area contributed by atoms with Crippen LogP contribution in [0.1, 0.15) is 31.9 Å². The van der Waals surface area contributed by atoms with E-state index >= 15 is 0 Å². The molecule has 1 rings (SSSR count). The van der Waals surface area contributed by atoms with Crippen molar-refractivity contribution in [3.05, 3.63) is 41.3 Å². The molecule has 0 unspecified atom stereocenters. The van der Waals surface area contributed by atoms with Gasteiger partial charge in [0, 0.05) is 12.1 Å². The Morgan fingerprint density at radius 1 is 1.12 bits per heavy atom. The second-order valence-corrected chi connectivity index (χ2v) is 4.36. The van der Waals surface area contributed by atoms with Gasteiger partial charge in [-0.3, -0.25) is 23.8 Å². The van der Waals surface area contributed by atoms with E-state index in [1.165, 1.54) is 0 Å². The summed E-state index contributed by atoms with van der Waals surface area (Å²) >= 11 is 0. The minimum absolute atomic E-state index is 0. The van der Waals surface area contributed by atoms with Gasteiger partial charge in [-0.2, -0.15) is 6.07 Å². The largest absolute Gasteiger partial charge is 1.00 e. The SMILES string of the molecule is CC(C)(C)c1c[c-]cc([C-](C#N)C#N)c1.[Li+].[Li+]. The molecule has 0 aromatic heterocycles. The number of hydrogen-bond acceptors (Lipinski definition) is 2. The van der Waals surface area contributed by atoms with Crippen molar-refractivity contribution >= 4 is 0 Å². The van der Waals surface area contributed by atoms with Crippen molar-refractivity contribution < 1.29 is 37.7 Å². The van der Waals surface area contributed by atoms with Crippen LogP contribution in [0.15, 0.2) is 18.2 Å². The minimum Gasteiger partial charge on any atom is -0.278 e. The Morgan fingerprint density at radius 3 is 2.06 bits per heavy atom. The summed E-state index contributed by atoms with van der Waals surface area (Å²) in [6, 6.07) is 12.1. The number of nitriles is 2. The number of benzene rings is 1. The molecule has 1 aromatic rings. The predicted molar refractivity (Wildman–Crippen MR) is 57.5 cm³/mol. The topological polar surface area (TPSA) is 47.6 Å². The van der Waals surface area contributed by atoms with E-state index in [0.717, 1.165) is 5.56 Å². The van der Waals surface area contributed by atoms with E-state index in [4.69, 9.17) is 10.5 Å². The molecule has 0 aliphatic rings. The van der Waals surface area contributed by atoms with Gasteiger partial charge >= 0.3 is 37.7 Å². The molecule has 17 heavy (non-hydrogen) atoms. The van der Waals surface area contributed by atoms with Gasteiger partial charge in [0.05, 0.1) is 0 Å². The third-order valence-corrected chi connectivity index (χ3v) is 2.17. The molecule has 0 amide bonds. The van der Waals surface area contributed by atoms with E-state index in [9.17, 15) is 0 Å². The molecule has 76 valence electrons. The average molecular weight is 210 g/mol. The summed E-state index contributed by atoms with van der Waals surface area (Å²) in [5.74, 6) is 0.136. The van der Waals surface area contributed by atoms with Gasteiger partial charge in [0.15, 0.2) is 0 Å². The Balaban J connectivity index is 0. The molecule has 0 spiro atoms. The summed E-state index contributed by atoms with van der Waals surface area (Å²) in [5, 5.41) is 17.5. The molecule has 0 N–H and O–H groups in total. The van der Waals surface area contributed by atoms with Crippen molar-refractivity contribution in [3.63, 3.8) is 0 Å². The van der Waals surface area contributed by atoms with E-state index in [1.807, 2.05) is 24.3 Å². The minimum atomic E-state index is 0. The van der Waals surface area contributed by atoms with Crippen molar-refractivity contribution in [1.82, 2.24) is 0 Å². The quantitative estimate of drug-likeness (QED) is 0.361. The molecule has 2 nitrogen and oxygen atoms in total. The molecule has 0 heterocycles. The van der Waals surface area contributed by atoms with Crippen LogP contribution in [0.4, 0.5) is 0 Å². The fourth-order valence-electron chi connectivity index (χ4n) is 1.20. The monoisotopic (exact) mass is 210 g/mol. The number of nitrogens with zero attached hydrogens (tertiary/aromatic N) is 2. The van der Waals surface area contributed by atoms with E-state index < -0.39 is 0 Å². The van der Waals surface area contributed by atoms with Crippen molar-refractivity contribution in [3.8, 4) is 12.1 Å². The molecule has 4 heteroatoms. The second kappa shape index (κ2) is 7.56. The molecule has 1 aromatic carbocycles. The van der Waals surface area contributed by atoms with Gasteiger partial charge < -0.3 is 0 Å². The van der Waals surface area contributed by atoms with Crippen LogP contribution >= 0.6 is 0 Å². The van der Waals surface area contributed by atoms with Crippen LogP contribution in [0, 0.1) is 34.6 Å². The summed E-state index contributed by atoms with van der Waals surface area (Å²) in [7, 11) is 0. The van der Waals surface area contributed by atoms with E-state index in [2.05, 4.69) is 26.8 Å². The fraction of sp³-hybridized carbons (Fsp3) is 0.308. The van der Waals surface area contributed by atoms with Gasteiger partial charge in [-0.05, 0) is 5.92 Å². The summed E-state index contributed by atoms with van der Waals surface area (Å²) < 4.78 is 0. The smallest absolute Gasteiger partial charge is 0.278 e. The Morgan fingerprint density at radius 2 is 1.65 bits per heavy atom. The maximum absolute atomic E-state index is 8.75. The fourth-order valence-corrected chi connectivity index (χ4v) is 1.20. The van der Waals surface area contributed by atoms with Crippen molar-refractivity contribution in [2.24, 2.45) is 0 Å². The van der Waals surface area contributed by atoms with Crippen molar-refractivity contribution in [2.45, 2.75) is 26.2 Å². The first kappa shape index (κ1) is 18.6. The summed E-state index contributed by atoms with van der Waals surface area (Å²) in [6.45, 7) is 6.25. The Hall–Kier alpha value is -0.735. The Labute approximate surface area is 127 Å². The molecule has 0 saturated carbocycles. The molecule has 0 aliphatic heterocycles. The third kappa shape index (κ3) is 4.96. The van der Waals surface area contributed by atoms with Gasteiger partial charge in [-0.15, -0.1) is 0 Å². The zero-order valence-electron chi connectivity index (χ0n) is 11.1. The van der Waals surface area contributed by atoms with Crippen molar-refractivity contribution in [2.75, 3.05) is 0 Å². The van der Waals surface area contributed by atoms with Crippen LogP contribution in [0.25, 0.3) is 0 Å². The standard InChI is InChI=1S/C13H12N2.2Li/c1-13(2,3)12-6-4-5-10(7-12)11(8-14)9-15;;/h5-7H,1-3H3;;/q-2;2*+1. The van der Waals surface area contributed by atoms with Gasteiger partial charge in [-0.25, -0.2) is 16.1 Å². The van der Waals surface area contributed by atoms with Crippen LogP contribution in [-0.4, -0.2) is 0 Å². The van der Waals surface area contributed by atoms with Crippen LogP contribution in [-0.2, 0) is 5.41 Å². The number of hydrogen-bond donors (Lipinski definition) is 0. The molecular formula is C13H12Li2N2. The first-order valence-corrected chi connectivity index (χ1v) is 4.68. The molecule has 0 aliphatic carbocycles. The Kier molecular flexibility index (Phi) is 8.29. The van der Waals surface area contributed by atoms with Crippen LogP contribution in [0.2, 0.25) is 0 Å². The zero-order valence-corrected chi connectivity index (χ0v) is 11.1. The maximum atomic E-state index is 8.75. The zero-order chi connectivity index (χ0) is 11.5.